The van der Waals surface area contributed by atoms with Crippen LogP contribution in [0.4, 0.5) is 0 Å². The van der Waals surface area contributed by atoms with E-state index in [1.807, 2.05) is 13.0 Å². The minimum Gasteiger partial charge on any atom is -0.313 e. The summed E-state index contributed by atoms with van der Waals surface area (Å²) in [7, 11) is -3.62. The Hall–Kier alpha value is -1.34. The van der Waals surface area contributed by atoms with E-state index in [1.54, 1.807) is 10.6 Å². The molecule has 8 heteroatoms. The lowest BCUT2D eigenvalue weighted by Gasteiger charge is -2.10. The maximum absolute atomic E-state index is 12.2. The minimum atomic E-state index is -3.62. The smallest absolute Gasteiger partial charge is 0.250 e. The summed E-state index contributed by atoms with van der Waals surface area (Å²) in [5.41, 5.74) is 0.838. The van der Waals surface area contributed by atoms with Gasteiger partial charge in [-0.15, -0.1) is 0 Å². The lowest BCUT2D eigenvalue weighted by Crippen LogP contribution is -2.26. The molecule has 24 heavy (non-hydrogen) atoms. The normalized spacial score (nSPS) is 11.6. The van der Waals surface area contributed by atoms with Crippen LogP contribution in [-0.2, 0) is 16.6 Å². The summed E-state index contributed by atoms with van der Waals surface area (Å²) in [6.07, 6.45) is 1.30. The summed E-state index contributed by atoms with van der Waals surface area (Å²) in [5, 5.41) is 0.498. The maximum Gasteiger partial charge on any atom is 0.250 e. The molecule has 0 aliphatic heterocycles. The van der Waals surface area contributed by atoms with Gasteiger partial charge in [0.25, 0.3) is 5.56 Å². The van der Waals surface area contributed by atoms with Gasteiger partial charge in [0.2, 0.25) is 10.0 Å². The molecule has 1 N–H and O–H groups in total. The molecule has 0 radical (unpaired) electrons. The van der Waals surface area contributed by atoms with Gasteiger partial charge in [0, 0.05) is 24.8 Å². The first-order valence-electron chi connectivity index (χ1n) is 7.42. The number of pyridine rings is 1. The molecule has 0 saturated heterocycles. The van der Waals surface area contributed by atoms with Crippen molar-refractivity contribution in [2.45, 2.75) is 31.2 Å². The number of nitrogens with one attached hydrogen (secondary N) is 1. The topological polar surface area (TPSA) is 68.2 Å². The molecule has 2 aromatic rings. The molecular formula is C16H18Cl2N2O3S. The number of hydrogen-bond donors (Lipinski definition) is 1. The van der Waals surface area contributed by atoms with E-state index in [2.05, 4.69) is 4.72 Å². The van der Waals surface area contributed by atoms with E-state index in [-0.39, 0.29) is 22.0 Å². The fourth-order valence-corrected chi connectivity index (χ4v) is 3.70. The molecule has 0 fully saturated rings. The molecule has 0 aliphatic carbocycles. The molecule has 1 aromatic carbocycles. The van der Waals surface area contributed by atoms with E-state index in [1.165, 1.54) is 24.3 Å². The van der Waals surface area contributed by atoms with Crippen LogP contribution >= 0.6 is 23.2 Å². The van der Waals surface area contributed by atoms with Crippen molar-refractivity contribution in [1.82, 2.24) is 9.29 Å². The van der Waals surface area contributed by atoms with E-state index in [4.69, 9.17) is 23.2 Å². The van der Waals surface area contributed by atoms with Crippen molar-refractivity contribution in [1.29, 1.82) is 0 Å². The number of aromatic nitrogens is 1. The number of sulfonamides is 1. The van der Waals surface area contributed by atoms with E-state index in [0.29, 0.717) is 24.4 Å². The van der Waals surface area contributed by atoms with Crippen LogP contribution in [0.25, 0.3) is 0 Å². The third kappa shape index (κ3) is 4.83. The van der Waals surface area contributed by atoms with Crippen LogP contribution < -0.4 is 10.3 Å². The Morgan fingerprint density at radius 1 is 1.08 bits per heavy atom. The van der Waals surface area contributed by atoms with Gasteiger partial charge in [-0.2, -0.15) is 0 Å². The van der Waals surface area contributed by atoms with Gasteiger partial charge >= 0.3 is 0 Å². The van der Waals surface area contributed by atoms with E-state index < -0.39 is 10.0 Å². The number of rotatable bonds is 7. The van der Waals surface area contributed by atoms with Crippen molar-refractivity contribution in [3.63, 3.8) is 0 Å². The highest BCUT2D eigenvalue weighted by molar-refractivity contribution is 7.89. The average Bonchev–Trinajstić information content (AvgIpc) is 2.52. The summed E-state index contributed by atoms with van der Waals surface area (Å²) in [6, 6.07) is 9.28. The zero-order valence-electron chi connectivity index (χ0n) is 13.1. The first-order valence-corrected chi connectivity index (χ1v) is 9.66. The maximum atomic E-state index is 12.2. The van der Waals surface area contributed by atoms with Crippen LogP contribution in [0, 0.1) is 6.92 Å². The second kappa shape index (κ2) is 8.16. The molecule has 1 aromatic heterocycles. The van der Waals surface area contributed by atoms with Gasteiger partial charge in [0.05, 0.1) is 14.9 Å². The van der Waals surface area contributed by atoms with Gasteiger partial charge in [-0.3, -0.25) is 4.79 Å². The van der Waals surface area contributed by atoms with Crippen molar-refractivity contribution in [3.05, 3.63) is 62.5 Å². The number of halogens is 2. The quantitative estimate of drug-likeness (QED) is 0.740. The summed E-state index contributed by atoms with van der Waals surface area (Å²) >= 11 is 11.6. The minimum absolute atomic E-state index is 0.0496. The third-order valence-electron chi connectivity index (χ3n) is 3.57. The summed E-state index contributed by atoms with van der Waals surface area (Å²) in [5.74, 6) is 0. The second-order valence-corrected chi connectivity index (χ2v) is 7.92. The van der Waals surface area contributed by atoms with Crippen molar-refractivity contribution >= 4 is 33.2 Å². The molecule has 0 bridgehead atoms. The summed E-state index contributed by atoms with van der Waals surface area (Å²) < 4.78 is 28.5. The largest absolute Gasteiger partial charge is 0.313 e. The highest BCUT2D eigenvalue weighted by Crippen LogP contribution is 2.24. The van der Waals surface area contributed by atoms with Gasteiger partial charge in [-0.25, -0.2) is 13.1 Å². The Morgan fingerprint density at radius 2 is 1.83 bits per heavy atom. The van der Waals surface area contributed by atoms with Gasteiger partial charge in [-0.05, 0) is 44.0 Å². The lowest BCUT2D eigenvalue weighted by atomic mass is 10.3. The SMILES string of the molecule is Cc1cccc(=O)n1CCCCNS(=O)(=O)c1ccc(Cl)c(Cl)c1. The highest BCUT2D eigenvalue weighted by Gasteiger charge is 2.14. The lowest BCUT2D eigenvalue weighted by molar-refractivity contribution is 0.557. The highest BCUT2D eigenvalue weighted by atomic mass is 35.5. The third-order valence-corrected chi connectivity index (χ3v) is 5.77. The Kier molecular flexibility index (Phi) is 6.46. The second-order valence-electron chi connectivity index (χ2n) is 5.34. The number of unbranched alkanes of at least 4 members (excludes halogenated alkanes) is 1. The van der Waals surface area contributed by atoms with Crippen molar-refractivity contribution in [2.24, 2.45) is 0 Å². The number of hydrogen-bond acceptors (Lipinski definition) is 3. The molecular weight excluding hydrogens is 371 g/mol. The first kappa shape index (κ1) is 19.0. The number of nitrogens with zero attached hydrogens (tertiary/aromatic N) is 1. The Bertz CT molecular complexity index is 879. The molecule has 0 amide bonds. The summed E-state index contributed by atoms with van der Waals surface area (Å²) in [4.78, 5) is 11.8. The van der Waals surface area contributed by atoms with Crippen LogP contribution in [0.1, 0.15) is 18.5 Å². The fourth-order valence-electron chi connectivity index (χ4n) is 2.24. The standard InChI is InChI=1S/C16H18Cl2N2O3S/c1-12-5-4-6-16(21)20(12)10-3-2-9-19-24(22,23)13-7-8-14(17)15(18)11-13/h4-8,11,19H,2-3,9-10H2,1H3. The first-order chi connectivity index (χ1) is 11.3. The van der Waals surface area contributed by atoms with Crippen molar-refractivity contribution in [3.8, 4) is 0 Å². The van der Waals surface area contributed by atoms with Crippen LogP contribution in [0.15, 0.2) is 46.1 Å². The average molecular weight is 389 g/mol. The van der Waals surface area contributed by atoms with Gasteiger partial charge < -0.3 is 4.57 Å². The molecule has 0 unspecified atom stereocenters. The zero-order chi connectivity index (χ0) is 17.7. The van der Waals surface area contributed by atoms with E-state index in [0.717, 1.165) is 5.69 Å². The molecule has 0 spiro atoms. The Morgan fingerprint density at radius 3 is 2.50 bits per heavy atom. The van der Waals surface area contributed by atoms with Gasteiger partial charge in [-0.1, -0.05) is 29.3 Å². The van der Waals surface area contributed by atoms with Gasteiger partial charge in [0.15, 0.2) is 0 Å². The molecule has 0 aliphatic rings. The number of aryl methyl sites for hydroxylation is 1. The Balaban J connectivity index is 1.87. The fraction of sp³-hybridized carbons (Fsp3) is 0.312. The van der Waals surface area contributed by atoms with Gasteiger partial charge in [0.1, 0.15) is 0 Å². The molecule has 5 nitrogen and oxygen atoms in total. The van der Waals surface area contributed by atoms with Crippen LogP contribution in [0.5, 0.6) is 0 Å². The summed E-state index contributed by atoms with van der Waals surface area (Å²) in [6.45, 7) is 2.71. The molecule has 1 heterocycles. The number of benzene rings is 1. The predicted molar refractivity (Wildman–Crippen MR) is 96.3 cm³/mol. The van der Waals surface area contributed by atoms with Crippen LogP contribution in [0.2, 0.25) is 10.0 Å². The predicted octanol–water partition coefficient (Wildman–Crippen LogP) is 3.22. The van der Waals surface area contributed by atoms with Crippen LogP contribution in [-0.4, -0.2) is 19.5 Å². The molecule has 2 rings (SSSR count). The molecule has 0 atom stereocenters. The van der Waals surface area contributed by atoms with Crippen LogP contribution in [0.3, 0.4) is 0 Å². The molecule has 0 saturated carbocycles. The van der Waals surface area contributed by atoms with Crippen molar-refractivity contribution in [2.75, 3.05) is 6.54 Å². The van der Waals surface area contributed by atoms with E-state index >= 15 is 0 Å². The van der Waals surface area contributed by atoms with Crippen molar-refractivity contribution < 1.29 is 8.42 Å². The zero-order valence-corrected chi connectivity index (χ0v) is 15.5. The molecule has 130 valence electrons. The monoisotopic (exact) mass is 388 g/mol. The van der Waals surface area contributed by atoms with E-state index in [9.17, 15) is 13.2 Å². The Labute approximate surface area is 151 Å².